The number of thiazole rings is 1. The Bertz CT molecular complexity index is 702. The van der Waals surface area contributed by atoms with Crippen LogP contribution in [-0.2, 0) is 5.41 Å². The summed E-state index contributed by atoms with van der Waals surface area (Å²) < 4.78 is 0. The summed E-state index contributed by atoms with van der Waals surface area (Å²) in [5.74, 6) is -0.247. The normalized spacial score (nSPS) is 11.0. The molecule has 6 nitrogen and oxygen atoms in total. The molecule has 0 spiro atoms. The minimum atomic E-state index is -0.293. The summed E-state index contributed by atoms with van der Waals surface area (Å²) in [6.07, 6.45) is 0. The Balaban J connectivity index is 2.03. The van der Waals surface area contributed by atoms with Crippen LogP contribution >= 0.6 is 11.3 Å². The van der Waals surface area contributed by atoms with Gasteiger partial charge in [-0.15, -0.1) is 11.3 Å². The van der Waals surface area contributed by atoms with E-state index in [-0.39, 0.29) is 17.4 Å². The van der Waals surface area contributed by atoms with Crippen molar-refractivity contribution in [2.75, 3.05) is 17.7 Å². The van der Waals surface area contributed by atoms with Gasteiger partial charge in [-0.2, -0.15) is 0 Å². The second-order valence-electron chi connectivity index (χ2n) is 6.02. The van der Waals surface area contributed by atoms with Crippen LogP contribution in [-0.4, -0.2) is 24.0 Å². The van der Waals surface area contributed by atoms with Crippen LogP contribution in [0.1, 0.15) is 36.3 Å². The molecule has 0 radical (unpaired) electrons. The molecular weight excluding hydrogens is 312 g/mol. The predicted molar refractivity (Wildman–Crippen MR) is 93.3 cm³/mol. The first-order valence-electron chi connectivity index (χ1n) is 7.16. The fraction of sp³-hybridized carbons (Fsp3) is 0.312. The Kier molecular flexibility index (Phi) is 5.00. The highest BCUT2D eigenvalue weighted by Gasteiger charge is 2.20. The van der Waals surface area contributed by atoms with E-state index in [0.717, 1.165) is 5.01 Å². The van der Waals surface area contributed by atoms with Crippen LogP contribution in [0.25, 0.3) is 0 Å². The van der Waals surface area contributed by atoms with Crippen molar-refractivity contribution in [3.8, 4) is 0 Å². The summed E-state index contributed by atoms with van der Waals surface area (Å²) in [5.41, 5.74) is 1.62. The van der Waals surface area contributed by atoms with Crippen molar-refractivity contribution >= 4 is 34.6 Å². The van der Waals surface area contributed by atoms with Crippen LogP contribution in [0.3, 0.4) is 0 Å². The average molecular weight is 332 g/mol. The predicted octanol–water partition coefficient (Wildman–Crippen LogP) is 3.44. The molecular formula is C16H20N4O2S. The quantitative estimate of drug-likeness (QED) is 0.805. The molecule has 2 aromatic rings. The van der Waals surface area contributed by atoms with Crippen molar-refractivity contribution in [2.24, 2.45) is 0 Å². The molecule has 0 fully saturated rings. The second kappa shape index (κ2) is 6.78. The van der Waals surface area contributed by atoms with Crippen molar-refractivity contribution in [1.82, 2.24) is 10.3 Å². The van der Waals surface area contributed by atoms with E-state index in [0.29, 0.717) is 17.1 Å². The number of urea groups is 1. The first-order valence-corrected chi connectivity index (χ1v) is 8.03. The Hall–Kier alpha value is -2.41. The van der Waals surface area contributed by atoms with Gasteiger partial charge in [-0.25, -0.2) is 9.78 Å². The number of aromatic nitrogens is 1. The molecule has 0 aliphatic heterocycles. The van der Waals surface area contributed by atoms with Crippen molar-refractivity contribution < 1.29 is 9.59 Å². The summed E-state index contributed by atoms with van der Waals surface area (Å²) >= 11 is 1.48. The number of anilines is 2. The third kappa shape index (κ3) is 4.53. The standard InChI is InChI=1S/C16H20N4O2S/c1-16(2,3)14-20-12(9-23-14)13(21)18-10-5-7-11(8-6-10)19-15(22)17-4/h5-9H,1-4H3,(H,18,21)(H2,17,19,22). The SMILES string of the molecule is CNC(=O)Nc1ccc(NC(=O)c2csc(C(C)(C)C)n2)cc1. The number of benzene rings is 1. The Morgan fingerprint density at radius 2 is 1.61 bits per heavy atom. The number of nitrogens with one attached hydrogen (secondary N) is 3. The molecule has 23 heavy (non-hydrogen) atoms. The van der Waals surface area contributed by atoms with Crippen LogP contribution in [0, 0.1) is 0 Å². The van der Waals surface area contributed by atoms with E-state index in [9.17, 15) is 9.59 Å². The Morgan fingerprint density at radius 1 is 1.04 bits per heavy atom. The minimum Gasteiger partial charge on any atom is -0.341 e. The van der Waals surface area contributed by atoms with E-state index in [2.05, 4.69) is 41.7 Å². The van der Waals surface area contributed by atoms with E-state index < -0.39 is 0 Å². The van der Waals surface area contributed by atoms with E-state index in [4.69, 9.17) is 0 Å². The number of carbonyl (C=O) groups is 2. The van der Waals surface area contributed by atoms with Gasteiger partial charge in [-0.1, -0.05) is 20.8 Å². The summed E-state index contributed by atoms with van der Waals surface area (Å²) in [6.45, 7) is 6.18. The highest BCUT2D eigenvalue weighted by Crippen LogP contribution is 2.26. The molecule has 0 aliphatic carbocycles. The first kappa shape index (κ1) is 17.0. The van der Waals surface area contributed by atoms with Crippen molar-refractivity contribution in [1.29, 1.82) is 0 Å². The molecule has 0 bridgehead atoms. The van der Waals surface area contributed by atoms with Crippen molar-refractivity contribution in [3.05, 3.63) is 40.3 Å². The summed E-state index contributed by atoms with van der Waals surface area (Å²) in [5, 5.41) is 10.6. The number of rotatable bonds is 3. The zero-order valence-electron chi connectivity index (χ0n) is 13.6. The van der Waals surface area contributed by atoms with Gasteiger partial charge in [-0.3, -0.25) is 4.79 Å². The summed E-state index contributed by atoms with van der Waals surface area (Å²) in [6, 6.07) is 6.58. The van der Waals surface area contributed by atoms with Gasteiger partial charge in [0.05, 0.1) is 5.01 Å². The smallest absolute Gasteiger partial charge is 0.318 e. The van der Waals surface area contributed by atoms with Crippen molar-refractivity contribution in [2.45, 2.75) is 26.2 Å². The van der Waals surface area contributed by atoms with E-state index in [1.54, 1.807) is 36.7 Å². The van der Waals surface area contributed by atoms with Gasteiger partial charge in [0, 0.05) is 29.2 Å². The minimum absolute atomic E-state index is 0.0731. The Labute approximate surface area is 139 Å². The van der Waals surface area contributed by atoms with Gasteiger partial charge in [-0.05, 0) is 24.3 Å². The molecule has 1 heterocycles. The molecule has 1 aromatic heterocycles. The number of nitrogens with zero attached hydrogens (tertiary/aromatic N) is 1. The lowest BCUT2D eigenvalue weighted by Crippen LogP contribution is -2.24. The van der Waals surface area contributed by atoms with Crippen LogP contribution in [0.4, 0.5) is 16.2 Å². The van der Waals surface area contributed by atoms with Gasteiger partial charge in [0.25, 0.3) is 5.91 Å². The van der Waals surface area contributed by atoms with Gasteiger partial charge in [0.2, 0.25) is 0 Å². The highest BCUT2D eigenvalue weighted by molar-refractivity contribution is 7.10. The lowest BCUT2D eigenvalue weighted by molar-refractivity contribution is 0.102. The highest BCUT2D eigenvalue weighted by atomic mass is 32.1. The molecule has 7 heteroatoms. The zero-order valence-corrected chi connectivity index (χ0v) is 14.4. The molecule has 0 saturated carbocycles. The molecule has 1 aromatic carbocycles. The maximum absolute atomic E-state index is 12.2. The molecule has 0 saturated heterocycles. The largest absolute Gasteiger partial charge is 0.341 e. The lowest BCUT2D eigenvalue weighted by atomic mass is 9.98. The number of amides is 3. The zero-order chi connectivity index (χ0) is 17.0. The van der Waals surface area contributed by atoms with Gasteiger partial charge < -0.3 is 16.0 Å². The number of hydrogen-bond acceptors (Lipinski definition) is 4. The average Bonchev–Trinajstić information content (AvgIpc) is 2.99. The fourth-order valence-electron chi connectivity index (χ4n) is 1.75. The van der Waals surface area contributed by atoms with E-state index >= 15 is 0 Å². The molecule has 3 amide bonds. The monoisotopic (exact) mass is 332 g/mol. The topological polar surface area (TPSA) is 83.1 Å². The maximum Gasteiger partial charge on any atom is 0.318 e. The number of hydrogen-bond donors (Lipinski definition) is 3. The van der Waals surface area contributed by atoms with Gasteiger partial charge in [0.15, 0.2) is 0 Å². The molecule has 122 valence electrons. The molecule has 0 atom stereocenters. The summed E-state index contributed by atoms with van der Waals surface area (Å²) in [7, 11) is 1.55. The van der Waals surface area contributed by atoms with Gasteiger partial charge >= 0.3 is 6.03 Å². The van der Waals surface area contributed by atoms with E-state index in [1.807, 2.05) is 0 Å². The molecule has 2 rings (SSSR count). The van der Waals surface area contributed by atoms with E-state index in [1.165, 1.54) is 11.3 Å². The fourth-order valence-corrected chi connectivity index (χ4v) is 2.64. The van der Waals surface area contributed by atoms with Crippen LogP contribution in [0.2, 0.25) is 0 Å². The maximum atomic E-state index is 12.2. The third-order valence-corrected chi connectivity index (χ3v) is 4.27. The van der Waals surface area contributed by atoms with Crippen LogP contribution in [0.5, 0.6) is 0 Å². The van der Waals surface area contributed by atoms with Crippen LogP contribution in [0.15, 0.2) is 29.6 Å². The Morgan fingerprint density at radius 3 is 2.09 bits per heavy atom. The van der Waals surface area contributed by atoms with Crippen LogP contribution < -0.4 is 16.0 Å². The van der Waals surface area contributed by atoms with Crippen molar-refractivity contribution in [3.63, 3.8) is 0 Å². The lowest BCUT2D eigenvalue weighted by Gasteiger charge is -2.13. The third-order valence-electron chi connectivity index (χ3n) is 3.01. The molecule has 0 unspecified atom stereocenters. The number of carbonyl (C=O) groups excluding carboxylic acids is 2. The summed E-state index contributed by atoms with van der Waals surface area (Å²) in [4.78, 5) is 27.8. The molecule has 0 aliphatic rings. The second-order valence-corrected chi connectivity index (χ2v) is 6.88. The molecule has 3 N–H and O–H groups in total. The van der Waals surface area contributed by atoms with Gasteiger partial charge in [0.1, 0.15) is 5.69 Å². The first-order chi connectivity index (χ1) is 10.8.